The van der Waals surface area contributed by atoms with Gasteiger partial charge in [0.05, 0.1) is 6.04 Å². The van der Waals surface area contributed by atoms with Crippen molar-refractivity contribution >= 4 is 17.2 Å². The van der Waals surface area contributed by atoms with E-state index in [1.165, 1.54) is 17.7 Å². The minimum absolute atomic E-state index is 0.144. The fourth-order valence-electron chi connectivity index (χ4n) is 2.28. The summed E-state index contributed by atoms with van der Waals surface area (Å²) in [5.74, 6) is 0.144. The molecule has 94 valence electrons. The fraction of sp³-hybridized carbons (Fsp3) is 0.615. The molecule has 0 aromatic carbocycles. The zero-order valence-corrected chi connectivity index (χ0v) is 11.1. The van der Waals surface area contributed by atoms with Crippen LogP contribution in [0.3, 0.4) is 0 Å². The van der Waals surface area contributed by atoms with E-state index in [9.17, 15) is 4.79 Å². The van der Waals surface area contributed by atoms with Crippen LogP contribution in [-0.2, 0) is 4.79 Å². The molecule has 0 radical (unpaired) electrons. The number of carbonyl (C=O) groups excluding carboxylic acids is 1. The van der Waals surface area contributed by atoms with E-state index in [1.54, 1.807) is 11.3 Å². The topological polar surface area (TPSA) is 32.3 Å². The summed E-state index contributed by atoms with van der Waals surface area (Å²) in [7, 11) is 0. The van der Waals surface area contributed by atoms with Crippen LogP contribution in [0.5, 0.6) is 0 Å². The zero-order valence-electron chi connectivity index (χ0n) is 10.3. The lowest BCUT2D eigenvalue weighted by Gasteiger charge is -2.26. The molecule has 17 heavy (non-hydrogen) atoms. The van der Waals surface area contributed by atoms with E-state index in [0.717, 1.165) is 19.6 Å². The number of rotatable bonds is 5. The summed E-state index contributed by atoms with van der Waals surface area (Å²) < 4.78 is 0. The Balaban J connectivity index is 1.99. The molecule has 2 rings (SSSR count). The number of likely N-dealkylation sites (tertiary alicyclic amines) is 1. The molecular weight excluding hydrogens is 232 g/mol. The van der Waals surface area contributed by atoms with Crippen LogP contribution >= 0.6 is 11.3 Å². The molecule has 0 unspecified atom stereocenters. The van der Waals surface area contributed by atoms with Crippen LogP contribution in [0.4, 0.5) is 0 Å². The highest BCUT2D eigenvalue weighted by Crippen LogP contribution is 2.27. The molecule has 1 fully saturated rings. The van der Waals surface area contributed by atoms with Crippen LogP contribution in [0.15, 0.2) is 17.5 Å². The van der Waals surface area contributed by atoms with Crippen LogP contribution < -0.4 is 5.32 Å². The SMILES string of the molecule is CCC(=O)NC[C@@H](c1cccs1)N1CCCC1. The number of amides is 1. The second-order valence-corrected chi connectivity index (χ2v) is 5.41. The molecule has 0 bridgehead atoms. The van der Waals surface area contributed by atoms with Crippen molar-refractivity contribution in [2.45, 2.75) is 32.2 Å². The molecule has 1 aliphatic heterocycles. The summed E-state index contributed by atoms with van der Waals surface area (Å²) in [5.41, 5.74) is 0. The Morgan fingerprint density at radius 1 is 1.53 bits per heavy atom. The Bertz CT molecular complexity index is 344. The highest BCUT2D eigenvalue weighted by molar-refractivity contribution is 7.10. The summed E-state index contributed by atoms with van der Waals surface area (Å²) in [6.07, 6.45) is 3.13. The van der Waals surface area contributed by atoms with Crippen LogP contribution in [0.2, 0.25) is 0 Å². The predicted octanol–water partition coefficient (Wildman–Crippen LogP) is 2.41. The third kappa shape index (κ3) is 3.30. The van der Waals surface area contributed by atoms with E-state index in [-0.39, 0.29) is 5.91 Å². The van der Waals surface area contributed by atoms with Gasteiger partial charge in [0.1, 0.15) is 0 Å². The molecule has 0 saturated carbocycles. The Morgan fingerprint density at radius 2 is 2.29 bits per heavy atom. The quantitative estimate of drug-likeness (QED) is 0.873. The van der Waals surface area contributed by atoms with E-state index < -0.39 is 0 Å². The summed E-state index contributed by atoms with van der Waals surface area (Å²) in [4.78, 5) is 15.2. The van der Waals surface area contributed by atoms with Gasteiger partial charge in [0.15, 0.2) is 0 Å². The molecule has 4 heteroatoms. The molecule has 1 aliphatic rings. The summed E-state index contributed by atoms with van der Waals surface area (Å²) in [6, 6.07) is 4.63. The first-order chi connectivity index (χ1) is 8.31. The molecule has 0 spiro atoms. The number of carbonyl (C=O) groups is 1. The van der Waals surface area contributed by atoms with Gasteiger partial charge in [-0.3, -0.25) is 9.69 Å². The largest absolute Gasteiger partial charge is 0.354 e. The van der Waals surface area contributed by atoms with Gasteiger partial charge in [0, 0.05) is 17.8 Å². The molecular formula is C13H20N2OS. The van der Waals surface area contributed by atoms with Gasteiger partial charge in [0.25, 0.3) is 0 Å². The molecule has 1 saturated heterocycles. The molecule has 1 atom stereocenters. The van der Waals surface area contributed by atoms with E-state index in [0.29, 0.717) is 12.5 Å². The lowest BCUT2D eigenvalue weighted by molar-refractivity contribution is -0.121. The van der Waals surface area contributed by atoms with Crippen molar-refractivity contribution < 1.29 is 4.79 Å². The maximum atomic E-state index is 11.4. The van der Waals surface area contributed by atoms with Gasteiger partial charge < -0.3 is 5.32 Å². The zero-order chi connectivity index (χ0) is 12.1. The number of thiophene rings is 1. The van der Waals surface area contributed by atoms with E-state index >= 15 is 0 Å². The van der Waals surface area contributed by atoms with Crippen LogP contribution in [-0.4, -0.2) is 30.4 Å². The average Bonchev–Trinajstić information content (AvgIpc) is 3.01. The lowest BCUT2D eigenvalue weighted by Crippen LogP contribution is -2.36. The predicted molar refractivity (Wildman–Crippen MR) is 71.2 cm³/mol. The van der Waals surface area contributed by atoms with E-state index in [2.05, 4.69) is 27.7 Å². The Morgan fingerprint density at radius 3 is 2.88 bits per heavy atom. The maximum absolute atomic E-state index is 11.4. The van der Waals surface area contributed by atoms with Crippen LogP contribution in [0.25, 0.3) is 0 Å². The van der Waals surface area contributed by atoms with Gasteiger partial charge in [-0.1, -0.05) is 13.0 Å². The standard InChI is InChI=1S/C13H20N2OS/c1-2-13(16)14-10-11(12-6-5-9-17-12)15-7-3-4-8-15/h5-6,9,11H,2-4,7-8,10H2,1H3,(H,14,16)/t11-/m0/s1. The second-order valence-electron chi connectivity index (χ2n) is 4.43. The van der Waals surface area contributed by atoms with Gasteiger partial charge in [-0.2, -0.15) is 0 Å². The van der Waals surface area contributed by atoms with Gasteiger partial charge in [-0.25, -0.2) is 0 Å². The van der Waals surface area contributed by atoms with Crippen molar-refractivity contribution in [3.05, 3.63) is 22.4 Å². The van der Waals surface area contributed by atoms with Crippen molar-refractivity contribution in [2.75, 3.05) is 19.6 Å². The molecule has 0 aliphatic carbocycles. The van der Waals surface area contributed by atoms with Crippen molar-refractivity contribution in [3.8, 4) is 0 Å². The molecule has 1 N–H and O–H groups in total. The Hall–Kier alpha value is -0.870. The summed E-state index contributed by atoms with van der Waals surface area (Å²) in [6.45, 7) is 4.95. The molecule has 1 aromatic rings. The smallest absolute Gasteiger partial charge is 0.219 e. The first-order valence-electron chi connectivity index (χ1n) is 6.35. The third-order valence-corrected chi connectivity index (χ3v) is 4.24. The first-order valence-corrected chi connectivity index (χ1v) is 7.23. The van der Waals surface area contributed by atoms with Crippen molar-refractivity contribution in [1.29, 1.82) is 0 Å². The summed E-state index contributed by atoms with van der Waals surface area (Å²) in [5, 5.41) is 5.13. The van der Waals surface area contributed by atoms with E-state index in [4.69, 9.17) is 0 Å². The lowest BCUT2D eigenvalue weighted by atomic mass is 10.2. The average molecular weight is 252 g/mol. The maximum Gasteiger partial charge on any atom is 0.219 e. The number of nitrogens with one attached hydrogen (secondary N) is 1. The summed E-state index contributed by atoms with van der Waals surface area (Å²) >= 11 is 1.78. The van der Waals surface area contributed by atoms with Crippen molar-refractivity contribution in [3.63, 3.8) is 0 Å². The highest BCUT2D eigenvalue weighted by Gasteiger charge is 2.24. The van der Waals surface area contributed by atoms with E-state index in [1.807, 2.05) is 6.92 Å². The van der Waals surface area contributed by atoms with Gasteiger partial charge in [-0.15, -0.1) is 11.3 Å². The second kappa shape index (κ2) is 6.17. The molecule has 2 heterocycles. The Labute approximate surface area is 107 Å². The fourth-order valence-corrected chi connectivity index (χ4v) is 3.14. The van der Waals surface area contributed by atoms with Crippen molar-refractivity contribution in [1.82, 2.24) is 10.2 Å². The normalized spacial score (nSPS) is 18.2. The van der Waals surface area contributed by atoms with Gasteiger partial charge in [0.2, 0.25) is 5.91 Å². The van der Waals surface area contributed by atoms with Gasteiger partial charge >= 0.3 is 0 Å². The monoisotopic (exact) mass is 252 g/mol. The number of hydrogen-bond acceptors (Lipinski definition) is 3. The minimum atomic E-state index is 0.144. The van der Waals surface area contributed by atoms with Crippen LogP contribution in [0.1, 0.15) is 37.1 Å². The van der Waals surface area contributed by atoms with Crippen molar-refractivity contribution in [2.24, 2.45) is 0 Å². The number of nitrogens with zero attached hydrogens (tertiary/aromatic N) is 1. The molecule has 1 aromatic heterocycles. The molecule has 3 nitrogen and oxygen atoms in total. The minimum Gasteiger partial charge on any atom is -0.354 e. The third-order valence-electron chi connectivity index (χ3n) is 3.27. The first kappa shape index (κ1) is 12.6. The van der Waals surface area contributed by atoms with Gasteiger partial charge in [-0.05, 0) is 37.4 Å². The number of hydrogen-bond donors (Lipinski definition) is 1. The molecule has 1 amide bonds. The Kier molecular flexibility index (Phi) is 4.57. The van der Waals surface area contributed by atoms with Crippen LogP contribution in [0, 0.1) is 0 Å². The highest BCUT2D eigenvalue weighted by atomic mass is 32.1.